The number of H-pyrrole nitrogens is 1. The molecule has 1 fully saturated rings. The molecule has 0 aromatic carbocycles. The van der Waals surface area contributed by atoms with E-state index in [0.717, 1.165) is 6.20 Å². The van der Waals surface area contributed by atoms with Crippen LogP contribution in [0.2, 0.25) is 0 Å². The van der Waals surface area contributed by atoms with Gasteiger partial charge in [0, 0.05) is 25.8 Å². The second-order valence-electron chi connectivity index (χ2n) is 10.3. The first-order valence-electron chi connectivity index (χ1n) is 12.2. The number of halogens is 6. The Bertz CT molecular complexity index is 1480. The first-order valence-corrected chi connectivity index (χ1v) is 13.9. The number of rotatable bonds is 7. The van der Waals surface area contributed by atoms with Crippen LogP contribution >= 0.6 is 0 Å². The number of ether oxygens (including phenoxy) is 1. The molecule has 2 aliphatic rings. The van der Waals surface area contributed by atoms with Gasteiger partial charge in [0.25, 0.3) is 5.56 Å². The van der Waals surface area contributed by atoms with Crippen LogP contribution in [-0.2, 0) is 31.7 Å². The number of aromatic nitrogens is 3. The molecule has 0 saturated carbocycles. The van der Waals surface area contributed by atoms with Gasteiger partial charge in [-0.2, -0.15) is 31.4 Å². The van der Waals surface area contributed by atoms with E-state index in [0.29, 0.717) is 12.3 Å². The molecule has 18 heteroatoms. The van der Waals surface area contributed by atoms with Crippen LogP contribution in [0.25, 0.3) is 0 Å². The summed E-state index contributed by atoms with van der Waals surface area (Å²) in [4.78, 5) is 30.8. The van der Waals surface area contributed by atoms with Gasteiger partial charge in [0.2, 0.25) is 5.91 Å². The number of nitrogens with zero attached hydrogens (tertiary/aromatic N) is 4. The maximum Gasteiger partial charge on any atom is 0.423 e. The smallest absolute Gasteiger partial charge is 0.379 e. The summed E-state index contributed by atoms with van der Waals surface area (Å²) in [6.45, 7) is 3.15. The van der Waals surface area contributed by atoms with Crippen LogP contribution in [0.4, 0.5) is 37.8 Å². The fourth-order valence-electron chi connectivity index (χ4n) is 4.70. The lowest BCUT2D eigenvalue weighted by molar-refractivity contribution is -0.139. The molecule has 4 heterocycles. The summed E-state index contributed by atoms with van der Waals surface area (Å²) in [5.41, 5.74) is -5.62. The van der Waals surface area contributed by atoms with Gasteiger partial charge in [0.1, 0.15) is 16.3 Å². The van der Waals surface area contributed by atoms with E-state index < -0.39 is 66.8 Å². The van der Waals surface area contributed by atoms with Gasteiger partial charge >= 0.3 is 12.4 Å². The molecular weight excluding hydrogens is 586 g/mol. The normalized spacial score (nSPS) is 19.0. The highest BCUT2D eigenvalue weighted by Crippen LogP contribution is 2.38. The second-order valence-corrected chi connectivity index (χ2v) is 12.3. The van der Waals surface area contributed by atoms with Gasteiger partial charge in [0.15, 0.2) is 9.84 Å². The number of sulfone groups is 1. The Balaban J connectivity index is 1.33. The van der Waals surface area contributed by atoms with Crippen LogP contribution < -0.4 is 15.8 Å². The number of pyridine rings is 1. The van der Waals surface area contributed by atoms with Crippen LogP contribution in [-0.4, -0.2) is 84.6 Å². The van der Waals surface area contributed by atoms with Crippen molar-refractivity contribution in [1.29, 1.82) is 0 Å². The molecule has 2 aromatic rings. The first-order chi connectivity index (χ1) is 18.9. The monoisotopic (exact) mass is 612 g/mol. The number of hydrogen-bond donors (Lipinski definition) is 2. The molecule has 11 nitrogen and oxygen atoms in total. The number of anilines is 2. The summed E-state index contributed by atoms with van der Waals surface area (Å²) >= 11 is 0. The summed E-state index contributed by atoms with van der Waals surface area (Å²) in [5.74, 6) is -0.930. The van der Waals surface area contributed by atoms with E-state index in [4.69, 9.17) is 4.74 Å². The lowest BCUT2D eigenvalue weighted by atomic mass is 10.1. The summed E-state index contributed by atoms with van der Waals surface area (Å²) in [5, 5.41) is 7.73. The zero-order valence-electron chi connectivity index (χ0n) is 21.8. The fourth-order valence-corrected chi connectivity index (χ4v) is 6.43. The number of carbonyl (C=O) groups excluding carboxylic acids is 1. The van der Waals surface area contributed by atoms with E-state index >= 15 is 0 Å². The molecule has 0 bridgehead atoms. The minimum Gasteiger partial charge on any atom is -0.379 e. The number of hydrogen-bond acceptors (Lipinski definition) is 9. The van der Waals surface area contributed by atoms with Crippen molar-refractivity contribution in [3.63, 3.8) is 0 Å². The molecule has 41 heavy (non-hydrogen) atoms. The number of carbonyl (C=O) groups is 1. The van der Waals surface area contributed by atoms with E-state index in [-0.39, 0.29) is 51.0 Å². The third-order valence-corrected chi connectivity index (χ3v) is 8.34. The minimum atomic E-state index is -4.92. The van der Waals surface area contributed by atoms with Crippen LogP contribution in [0.1, 0.15) is 31.4 Å². The SMILES string of the molecule is CC(C)(COCCC(=O)N1CCN2c3ncc(C(F)(F)F)cc3S(=O)(=O)C[C@H]2C1)Nc1cn[nH]c(=O)c1C(F)(F)F. The maximum atomic E-state index is 13.3. The van der Waals surface area contributed by atoms with Gasteiger partial charge in [-0.15, -0.1) is 0 Å². The van der Waals surface area contributed by atoms with Crippen molar-refractivity contribution in [2.75, 3.05) is 48.8 Å². The molecule has 0 spiro atoms. The van der Waals surface area contributed by atoms with Crippen molar-refractivity contribution >= 4 is 27.2 Å². The lowest BCUT2D eigenvalue weighted by Gasteiger charge is -2.44. The van der Waals surface area contributed by atoms with Crippen molar-refractivity contribution in [2.45, 2.75) is 49.1 Å². The average molecular weight is 613 g/mol. The Labute approximate surface area is 229 Å². The van der Waals surface area contributed by atoms with Gasteiger partial charge in [-0.1, -0.05) is 0 Å². The van der Waals surface area contributed by atoms with Gasteiger partial charge in [-0.3, -0.25) is 9.59 Å². The maximum absolute atomic E-state index is 13.3. The summed E-state index contributed by atoms with van der Waals surface area (Å²) in [7, 11) is -4.09. The Morgan fingerprint density at radius 1 is 1.15 bits per heavy atom. The standard InChI is InChI=1S/C23H26F6N6O5S/c1-21(2,32-15-9-31-33-20(37)18(15)23(27,28)29)12-40-6-3-17(36)34-4-5-35-14(10-34)11-41(38,39)16-7-13(22(24,25)26)8-30-19(16)35/h7-9,14H,3-6,10-12H2,1-2H3,(H2,32,33,37)/t14-/m1/s1. The van der Waals surface area contributed by atoms with E-state index in [1.807, 2.05) is 0 Å². The number of alkyl halides is 6. The van der Waals surface area contributed by atoms with Crippen LogP contribution in [0.5, 0.6) is 0 Å². The van der Waals surface area contributed by atoms with Gasteiger partial charge in [0.05, 0.1) is 54.4 Å². The zero-order chi connectivity index (χ0) is 30.4. The number of amides is 1. The molecule has 2 aliphatic heterocycles. The van der Waals surface area contributed by atoms with E-state index in [9.17, 15) is 44.3 Å². The highest BCUT2D eigenvalue weighted by atomic mass is 32.2. The van der Waals surface area contributed by atoms with Crippen molar-refractivity contribution < 1.29 is 44.3 Å². The number of aromatic amines is 1. The zero-order valence-corrected chi connectivity index (χ0v) is 22.6. The van der Waals surface area contributed by atoms with Crippen molar-refractivity contribution in [2.24, 2.45) is 0 Å². The largest absolute Gasteiger partial charge is 0.423 e. The highest BCUT2D eigenvalue weighted by Gasteiger charge is 2.43. The van der Waals surface area contributed by atoms with Crippen LogP contribution in [0.3, 0.4) is 0 Å². The third kappa shape index (κ3) is 6.74. The molecule has 1 saturated heterocycles. The Kier molecular flexibility index (Phi) is 8.03. The van der Waals surface area contributed by atoms with Crippen molar-refractivity contribution in [3.05, 3.63) is 39.9 Å². The van der Waals surface area contributed by atoms with E-state index in [1.165, 1.54) is 18.7 Å². The quantitative estimate of drug-likeness (QED) is 0.357. The molecule has 0 aliphatic carbocycles. The molecule has 2 aromatic heterocycles. The molecule has 2 N–H and O–H groups in total. The molecule has 0 unspecified atom stereocenters. The molecule has 4 rings (SSSR count). The highest BCUT2D eigenvalue weighted by molar-refractivity contribution is 7.91. The molecule has 0 radical (unpaired) electrons. The van der Waals surface area contributed by atoms with Gasteiger partial charge in [-0.05, 0) is 19.9 Å². The fraction of sp³-hybridized carbons (Fsp3) is 0.565. The molecule has 226 valence electrons. The summed E-state index contributed by atoms with van der Waals surface area (Å²) < 4.78 is 110. The Hall–Kier alpha value is -3.41. The summed E-state index contributed by atoms with van der Waals surface area (Å²) in [6.07, 6.45) is -8.37. The predicted octanol–water partition coefficient (Wildman–Crippen LogP) is 2.30. The van der Waals surface area contributed by atoms with Gasteiger partial charge < -0.3 is 19.9 Å². The molecule has 1 atom stereocenters. The van der Waals surface area contributed by atoms with Crippen molar-refractivity contribution in [1.82, 2.24) is 20.1 Å². The predicted molar refractivity (Wildman–Crippen MR) is 132 cm³/mol. The van der Waals surface area contributed by atoms with Crippen LogP contribution in [0.15, 0.2) is 28.2 Å². The number of fused-ring (bicyclic) bond motifs is 3. The summed E-state index contributed by atoms with van der Waals surface area (Å²) in [6, 6.07) is -0.126. The van der Waals surface area contributed by atoms with E-state index in [2.05, 4.69) is 15.4 Å². The Morgan fingerprint density at radius 2 is 1.85 bits per heavy atom. The molecular formula is C23H26F6N6O5S. The topological polar surface area (TPSA) is 138 Å². The minimum absolute atomic E-state index is 0.00300. The van der Waals surface area contributed by atoms with Crippen LogP contribution in [0, 0.1) is 0 Å². The first kappa shape index (κ1) is 30.5. The number of nitrogens with one attached hydrogen (secondary N) is 2. The third-order valence-electron chi connectivity index (χ3n) is 6.55. The average Bonchev–Trinajstić information content (AvgIpc) is 2.84. The van der Waals surface area contributed by atoms with E-state index in [1.54, 1.807) is 10.00 Å². The number of piperazine rings is 1. The second kappa shape index (κ2) is 10.8. The van der Waals surface area contributed by atoms with Gasteiger partial charge in [-0.25, -0.2) is 18.5 Å². The van der Waals surface area contributed by atoms with Crippen molar-refractivity contribution in [3.8, 4) is 0 Å². The molecule has 1 amide bonds. The Morgan fingerprint density at radius 3 is 2.51 bits per heavy atom. The lowest BCUT2D eigenvalue weighted by Crippen LogP contribution is -2.59.